The first-order valence-electron chi connectivity index (χ1n) is 4.91. The van der Waals surface area contributed by atoms with Gasteiger partial charge in [0.1, 0.15) is 0 Å². The molecule has 15 heavy (non-hydrogen) atoms. The predicted octanol–water partition coefficient (Wildman–Crippen LogP) is 2.37. The van der Waals surface area contributed by atoms with Gasteiger partial charge in [-0.2, -0.15) is 0 Å². The van der Waals surface area contributed by atoms with Gasteiger partial charge in [0, 0.05) is 6.04 Å². The first-order chi connectivity index (χ1) is 7.11. The number of fused-ring (bicyclic) bond motifs is 1. The lowest BCUT2D eigenvalue weighted by atomic mass is 9.85. The van der Waals surface area contributed by atoms with Crippen LogP contribution in [-0.4, -0.2) is 11.1 Å². The Morgan fingerprint density at radius 2 is 2.27 bits per heavy atom. The van der Waals surface area contributed by atoms with Gasteiger partial charge in [-0.3, -0.25) is 0 Å². The number of hydrogen-bond acceptors (Lipinski definition) is 2. The normalized spacial score (nSPS) is 19.7. The maximum Gasteiger partial charge on any atom is 0.337 e. The molecule has 0 bridgehead atoms. The van der Waals surface area contributed by atoms with Crippen molar-refractivity contribution in [1.82, 2.24) is 0 Å². The molecule has 3 N–H and O–H groups in total. The summed E-state index contributed by atoms with van der Waals surface area (Å²) in [5, 5.41) is 9.38. The zero-order chi connectivity index (χ0) is 11.0. The van der Waals surface area contributed by atoms with Crippen molar-refractivity contribution in [2.75, 3.05) is 0 Å². The Kier molecular flexibility index (Phi) is 2.67. The van der Waals surface area contributed by atoms with Gasteiger partial charge in [0.05, 0.1) is 10.6 Å². The van der Waals surface area contributed by atoms with Crippen molar-refractivity contribution >= 4 is 17.6 Å². The Balaban J connectivity index is 2.63. The summed E-state index contributed by atoms with van der Waals surface area (Å²) in [5.74, 6) is -0.967. The molecular weight excluding hydrogens is 214 g/mol. The number of nitrogens with two attached hydrogens (primary N) is 1. The average molecular weight is 226 g/mol. The van der Waals surface area contributed by atoms with E-state index < -0.39 is 5.97 Å². The minimum Gasteiger partial charge on any atom is -0.478 e. The molecule has 0 fully saturated rings. The van der Waals surface area contributed by atoms with Crippen LogP contribution in [0.1, 0.15) is 40.4 Å². The second-order valence-corrected chi connectivity index (χ2v) is 4.20. The van der Waals surface area contributed by atoms with E-state index in [2.05, 4.69) is 0 Å². The van der Waals surface area contributed by atoms with Crippen molar-refractivity contribution in [3.05, 3.63) is 33.8 Å². The summed E-state index contributed by atoms with van der Waals surface area (Å²) in [5.41, 5.74) is 7.90. The molecule has 3 nitrogen and oxygen atoms in total. The summed E-state index contributed by atoms with van der Waals surface area (Å²) in [6, 6.07) is 3.41. The lowest BCUT2D eigenvalue weighted by Gasteiger charge is -2.23. The zero-order valence-corrected chi connectivity index (χ0v) is 8.92. The van der Waals surface area contributed by atoms with Gasteiger partial charge in [0.15, 0.2) is 0 Å². The number of benzene rings is 1. The molecule has 0 amide bonds. The van der Waals surface area contributed by atoms with Crippen LogP contribution in [0.2, 0.25) is 5.02 Å². The van der Waals surface area contributed by atoms with Crippen molar-refractivity contribution in [1.29, 1.82) is 0 Å². The highest BCUT2D eigenvalue weighted by Gasteiger charge is 2.24. The van der Waals surface area contributed by atoms with Crippen LogP contribution in [0.15, 0.2) is 12.1 Å². The minimum absolute atomic E-state index is 0.0517. The van der Waals surface area contributed by atoms with Crippen molar-refractivity contribution < 1.29 is 9.90 Å². The van der Waals surface area contributed by atoms with Crippen molar-refractivity contribution in [2.24, 2.45) is 5.73 Å². The lowest BCUT2D eigenvalue weighted by Crippen LogP contribution is -2.20. The van der Waals surface area contributed by atoms with Crippen LogP contribution >= 0.6 is 11.6 Å². The monoisotopic (exact) mass is 225 g/mol. The van der Waals surface area contributed by atoms with Gasteiger partial charge >= 0.3 is 5.97 Å². The Morgan fingerprint density at radius 1 is 1.53 bits per heavy atom. The lowest BCUT2D eigenvalue weighted by molar-refractivity contribution is 0.0695. The molecule has 1 aromatic carbocycles. The molecule has 1 aliphatic carbocycles. The van der Waals surface area contributed by atoms with E-state index in [0.717, 1.165) is 30.4 Å². The highest BCUT2D eigenvalue weighted by Crippen LogP contribution is 2.33. The van der Waals surface area contributed by atoms with Crippen molar-refractivity contribution in [2.45, 2.75) is 25.3 Å². The number of rotatable bonds is 1. The molecule has 1 aliphatic rings. The Hall–Kier alpha value is -1.06. The molecule has 0 heterocycles. The molecule has 0 aromatic heterocycles. The van der Waals surface area contributed by atoms with E-state index in [4.69, 9.17) is 22.4 Å². The summed E-state index contributed by atoms with van der Waals surface area (Å²) >= 11 is 5.88. The first-order valence-corrected chi connectivity index (χ1v) is 5.29. The van der Waals surface area contributed by atoms with E-state index in [1.165, 1.54) is 0 Å². The van der Waals surface area contributed by atoms with Gasteiger partial charge in [-0.05, 0) is 36.5 Å². The fraction of sp³-hybridized carbons (Fsp3) is 0.364. The zero-order valence-electron chi connectivity index (χ0n) is 8.16. The van der Waals surface area contributed by atoms with Gasteiger partial charge in [0.2, 0.25) is 0 Å². The maximum absolute atomic E-state index is 11.1. The van der Waals surface area contributed by atoms with Gasteiger partial charge in [-0.15, -0.1) is 0 Å². The van der Waals surface area contributed by atoms with E-state index in [0.29, 0.717) is 5.02 Å². The third-order valence-corrected chi connectivity index (χ3v) is 3.17. The van der Waals surface area contributed by atoms with Crippen LogP contribution < -0.4 is 5.73 Å². The molecule has 80 valence electrons. The number of aromatic carboxylic acids is 1. The smallest absolute Gasteiger partial charge is 0.337 e. The van der Waals surface area contributed by atoms with Crippen molar-refractivity contribution in [3.8, 4) is 0 Å². The molecular formula is C11H12ClNO2. The summed E-state index contributed by atoms with van der Waals surface area (Å²) in [6.07, 6.45) is 2.59. The largest absolute Gasteiger partial charge is 0.478 e. The highest BCUT2D eigenvalue weighted by molar-refractivity contribution is 6.33. The molecule has 0 saturated heterocycles. The quantitative estimate of drug-likeness (QED) is 0.771. The number of carbonyl (C=O) groups is 1. The summed E-state index contributed by atoms with van der Waals surface area (Å²) in [4.78, 5) is 11.1. The number of hydrogen-bond donors (Lipinski definition) is 2. The predicted molar refractivity (Wildman–Crippen MR) is 58.3 cm³/mol. The van der Waals surface area contributed by atoms with Crippen molar-refractivity contribution in [3.63, 3.8) is 0 Å². The standard InChI is InChI=1S/C11H12ClNO2/c12-8-5-4-6-7(10(8)11(14)15)2-1-3-9(6)13/h4-5,9H,1-3,13H2,(H,14,15)/t9-/m0/s1. The van der Waals surface area contributed by atoms with Crippen LogP contribution in [0.25, 0.3) is 0 Å². The van der Waals surface area contributed by atoms with Gasteiger partial charge < -0.3 is 10.8 Å². The molecule has 2 rings (SSSR count). The van der Waals surface area contributed by atoms with Crippen LogP contribution in [0.5, 0.6) is 0 Å². The molecule has 0 radical (unpaired) electrons. The van der Waals surface area contributed by atoms with Crippen LogP contribution in [-0.2, 0) is 6.42 Å². The maximum atomic E-state index is 11.1. The van der Waals surface area contributed by atoms with Gasteiger partial charge in [-0.25, -0.2) is 4.79 Å². The second kappa shape index (κ2) is 3.83. The van der Waals surface area contributed by atoms with E-state index in [1.807, 2.05) is 6.07 Å². The average Bonchev–Trinajstić information content (AvgIpc) is 2.17. The van der Waals surface area contributed by atoms with Crippen LogP contribution in [0, 0.1) is 0 Å². The summed E-state index contributed by atoms with van der Waals surface area (Å²) < 4.78 is 0. The molecule has 0 aliphatic heterocycles. The molecule has 0 spiro atoms. The highest BCUT2D eigenvalue weighted by atomic mass is 35.5. The van der Waals surface area contributed by atoms with Crippen LogP contribution in [0.4, 0.5) is 0 Å². The molecule has 0 unspecified atom stereocenters. The number of carboxylic acids is 1. The Bertz CT molecular complexity index is 417. The topological polar surface area (TPSA) is 63.3 Å². The van der Waals surface area contributed by atoms with E-state index in [1.54, 1.807) is 6.07 Å². The minimum atomic E-state index is -0.967. The third kappa shape index (κ3) is 1.73. The molecule has 1 aromatic rings. The van der Waals surface area contributed by atoms with E-state index >= 15 is 0 Å². The van der Waals surface area contributed by atoms with Crippen LogP contribution in [0.3, 0.4) is 0 Å². The fourth-order valence-electron chi connectivity index (χ4n) is 2.14. The van der Waals surface area contributed by atoms with E-state index in [-0.39, 0.29) is 11.6 Å². The fourth-order valence-corrected chi connectivity index (χ4v) is 2.40. The van der Waals surface area contributed by atoms with E-state index in [9.17, 15) is 4.79 Å². The summed E-state index contributed by atoms with van der Waals surface area (Å²) in [6.45, 7) is 0. The Morgan fingerprint density at radius 3 is 2.93 bits per heavy atom. The molecule has 1 atom stereocenters. The SMILES string of the molecule is N[C@H]1CCCc2c1ccc(Cl)c2C(=O)O. The number of carboxylic acid groups (broad SMARTS) is 1. The Labute approximate surface area is 92.8 Å². The molecule has 0 saturated carbocycles. The third-order valence-electron chi connectivity index (χ3n) is 2.85. The summed E-state index contributed by atoms with van der Waals surface area (Å²) in [7, 11) is 0. The molecule has 4 heteroatoms. The second-order valence-electron chi connectivity index (χ2n) is 3.79. The first kappa shape index (κ1) is 10.5. The number of halogens is 1. The van der Waals surface area contributed by atoms with Gasteiger partial charge in [0.25, 0.3) is 0 Å². The van der Waals surface area contributed by atoms with Gasteiger partial charge in [-0.1, -0.05) is 17.7 Å².